The van der Waals surface area contributed by atoms with Crippen molar-refractivity contribution in [3.05, 3.63) is 50.4 Å². The van der Waals surface area contributed by atoms with Crippen LogP contribution in [0.3, 0.4) is 0 Å². The Balaban J connectivity index is 2.06. The molecule has 0 amide bonds. The number of rotatable bonds is 7. The number of aryl methyl sites for hydroxylation is 1. The highest BCUT2D eigenvalue weighted by atomic mass is 35.5. The lowest BCUT2D eigenvalue weighted by atomic mass is 10.2. The predicted octanol–water partition coefficient (Wildman–Crippen LogP) is 4.45. The Labute approximate surface area is 130 Å². The van der Waals surface area contributed by atoms with Gasteiger partial charge in [-0.1, -0.05) is 37.6 Å². The zero-order chi connectivity index (χ0) is 14.4. The van der Waals surface area contributed by atoms with Crippen LogP contribution in [0.1, 0.15) is 41.4 Å². The summed E-state index contributed by atoms with van der Waals surface area (Å²) in [6, 6.07) is 8.03. The maximum Gasteiger partial charge on any atom is 0.0975 e. The van der Waals surface area contributed by atoms with Gasteiger partial charge in [-0.3, -0.25) is 0 Å². The molecule has 2 nitrogen and oxygen atoms in total. The average Bonchev–Trinajstić information content (AvgIpc) is 2.84. The summed E-state index contributed by atoms with van der Waals surface area (Å²) < 4.78 is 0. The number of nitrogens with zero attached hydrogens (tertiary/aromatic N) is 1. The van der Waals surface area contributed by atoms with Gasteiger partial charge in [0.15, 0.2) is 0 Å². The van der Waals surface area contributed by atoms with E-state index in [1.165, 1.54) is 21.1 Å². The third-order valence-corrected chi connectivity index (χ3v) is 4.49. The van der Waals surface area contributed by atoms with Crippen molar-refractivity contribution in [1.82, 2.24) is 10.3 Å². The summed E-state index contributed by atoms with van der Waals surface area (Å²) in [5.41, 5.74) is 2.50. The maximum atomic E-state index is 5.92. The molecule has 0 aliphatic heterocycles. The van der Waals surface area contributed by atoms with Crippen molar-refractivity contribution in [1.29, 1.82) is 0 Å². The van der Waals surface area contributed by atoms with Crippen molar-refractivity contribution in [3.8, 4) is 0 Å². The van der Waals surface area contributed by atoms with E-state index in [0.29, 0.717) is 0 Å². The third kappa shape index (κ3) is 4.30. The molecule has 1 aromatic heterocycles. The number of nitrogens with one attached hydrogen (secondary N) is 1. The topological polar surface area (TPSA) is 24.9 Å². The van der Waals surface area contributed by atoms with Gasteiger partial charge in [-0.15, -0.1) is 11.3 Å². The summed E-state index contributed by atoms with van der Waals surface area (Å²) in [7, 11) is 0. The molecule has 0 unspecified atom stereocenters. The van der Waals surface area contributed by atoms with Gasteiger partial charge in [0, 0.05) is 22.9 Å². The van der Waals surface area contributed by atoms with Crippen LogP contribution in [0, 0.1) is 0 Å². The van der Waals surface area contributed by atoms with Crippen LogP contribution in [0.25, 0.3) is 0 Å². The second-order valence-electron chi connectivity index (χ2n) is 4.81. The van der Waals surface area contributed by atoms with Crippen LogP contribution in [0.4, 0.5) is 0 Å². The highest BCUT2D eigenvalue weighted by Crippen LogP contribution is 2.22. The largest absolute Gasteiger partial charge is 0.312 e. The Kier molecular flexibility index (Phi) is 6.02. The molecule has 0 bridgehead atoms. The molecule has 1 N–H and O–H groups in total. The molecule has 0 aliphatic rings. The van der Waals surface area contributed by atoms with E-state index in [2.05, 4.69) is 31.3 Å². The van der Waals surface area contributed by atoms with Gasteiger partial charge >= 0.3 is 0 Å². The number of aromatic nitrogens is 1. The number of thiazole rings is 1. The molecule has 0 aliphatic carbocycles. The molecular formula is C16H21ClN2S. The fourth-order valence-electron chi connectivity index (χ4n) is 2.08. The van der Waals surface area contributed by atoms with Gasteiger partial charge in [-0.05, 0) is 37.1 Å². The standard InChI is InChI=1S/C16H21ClN2S/c1-3-9-18-11-15-14(4-2)19-16(20-15)10-12-5-7-13(17)8-6-12/h5-8,18H,3-4,9-11H2,1-2H3. The van der Waals surface area contributed by atoms with Gasteiger partial charge in [0.25, 0.3) is 0 Å². The lowest BCUT2D eigenvalue weighted by Crippen LogP contribution is -2.13. The zero-order valence-corrected chi connectivity index (χ0v) is 13.7. The monoisotopic (exact) mass is 308 g/mol. The Hall–Kier alpha value is -0.900. The van der Waals surface area contributed by atoms with E-state index in [-0.39, 0.29) is 0 Å². The van der Waals surface area contributed by atoms with Crippen molar-refractivity contribution in [2.75, 3.05) is 6.54 Å². The molecule has 20 heavy (non-hydrogen) atoms. The first-order valence-electron chi connectivity index (χ1n) is 7.15. The SMILES string of the molecule is CCCNCc1sc(Cc2ccc(Cl)cc2)nc1CC. The summed E-state index contributed by atoms with van der Waals surface area (Å²) in [5.74, 6) is 0. The Morgan fingerprint density at radius 2 is 1.95 bits per heavy atom. The minimum absolute atomic E-state index is 0.784. The molecular weight excluding hydrogens is 288 g/mol. The van der Waals surface area contributed by atoms with Gasteiger partial charge in [0.1, 0.15) is 0 Å². The number of hydrogen-bond acceptors (Lipinski definition) is 3. The number of hydrogen-bond donors (Lipinski definition) is 1. The summed E-state index contributed by atoms with van der Waals surface area (Å²) in [5, 5.41) is 5.44. The Bertz CT molecular complexity index is 534. The molecule has 2 aromatic rings. The third-order valence-electron chi connectivity index (χ3n) is 3.14. The first kappa shape index (κ1) is 15.5. The van der Waals surface area contributed by atoms with Crippen molar-refractivity contribution in [3.63, 3.8) is 0 Å². The first-order chi connectivity index (χ1) is 9.72. The molecule has 1 heterocycles. The second-order valence-corrected chi connectivity index (χ2v) is 6.42. The number of benzene rings is 1. The van der Waals surface area contributed by atoms with Gasteiger partial charge in [-0.25, -0.2) is 4.98 Å². The van der Waals surface area contributed by atoms with E-state index in [0.717, 1.165) is 37.4 Å². The lowest BCUT2D eigenvalue weighted by Gasteiger charge is -2.01. The van der Waals surface area contributed by atoms with E-state index in [1.807, 2.05) is 23.5 Å². The summed E-state index contributed by atoms with van der Waals surface area (Å²) in [6.45, 7) is 6.36. The minimum atomic E-state index is 0.784. The van der Waals surface area contributed by atoms with Crippen LogP contribution >= 0.6 is 22.9 Å². The average molecular weight is 309 g/mol. The molecule has 2 rings (SSSR count). The lowest BCUT2D eigenvalue weighted by molar-refractivity contribution is 0.676. The van der Waals surface area contributed by atoms with Crippen molar-refractivity contribution in [2.24, 2.45) is 0 Å². The molecule has 0 saturated carbocycles. The highest BCUT2D eigenvalue weighted by molar-refractivity contribution is 7.11. The van der Waals surface area contributed by atoms with E-state index >= 15 is 0 Å². The molecule has 1 aromatic carbocycles. The molecule has 4 heteroatoms. The van der Waals surface area contributed by atoms with Crippen LogP contribution in [0.2, 0.25) is 5.02 Å². The van der Waals surface area contributed by atoms with Crippen LogP contribution in [0.5, 0.6) is 0 Å². The van der Waals surface area contributed by atoms with Gasteiger partial charge in [0.05, 0.1) is 10.7 Å². The molecule has 0 atom stereocenters. The molecule has 0 saturated heterocycles. The minimum Gasteiger partial charge on any atom is -0.312 e. The molecule has 0 radical (unpaired) electrons. The van der Waals surface area contributed by atoms with E-state index in [4.69, 9.17) is 16.6 Å². The quantitative estimate of drug-likeness (QED) is 0.764. The van der Waals surface area contributed by atoms with Crippen LogP contribution in [-0.2, 0) is 19.4 Å². The fourth-order valence-corrected chi connectivity index (χ4v) is 3.37. The first-order valence-corrected chi connectivity index (χ1v) is 8.35. The smallest absolute Gasteiger partial charge is 0.0975 e. The van der Waals surface area contributed by atoms with Crippen molar-refractivity contribution >= 4 is 22.9 Å². The second kappa shape index (κ2) is 7.77. The van der Waals surface area contributed by atoms with Crippen molar-refractivity contribution in [2.45, 2.75) is 39.7 Å². The van der Waals surface area contributed by atoms with Crippen LogP contribution in [-0.4, -0.2) is 11.5 Å². The normalized spacial score (nSPS) is 10.9. The van der Waals surface area contributed by atoms with E-state index in [9.17, 15) is 0 Å². The van der Waals surface area contributed by atoms with Crippen molar-refractivity contribution < 1.29 is 0 Å². The highest BCUT2D eigenvalue weighted by Gasteiger charge is 2.09. The fraction of sp³-hybridized carbons (Fsp3) is 0.438. The van der Waals surface area contributed by atoms with Gasteiger partial charge in [-0.2, -0.15) is 0 Å². The Morgan fingerprint density at radius 3 is 2.60 bits per heavy atom. The summed E-state index contributed by atoms with van der Waals surface area (Å²) in [6.07, 6.45) is 3.06. The predicted molar refractivity (Wildman–Crippen MR) is 87.7 cm³/mol. The maximum absolute atomic E-state index is 5.92. The van der Waals surface area contributed by atoms with E-state index < -0.39 is 0 Å². The summed E-state index contributed by atoms with van der Waals surface area (Å²) >= 11 is 7.74. The molecule has 0 spiro atoms. The van der Waals surface area contributed by atoms with Crippen LogP contribution in [0.15, 0.2) is 24.3 Å². The Morgan fingerprint density at radius 1 is 1.20 bits per heavy atom. The molecule has 108 valence electrons. The number of halogens is 1. The molecule has 0 fully saturated rings. The zero-order valence-electron chi connectivity index (χ0n) is 12.1. The van der Waals surface area contributed by atoms with Gasteiger partial charge < -0.3 is 5.32 Å². The van der Waals surface area contributed by atoms with Gasteiger partial charge in [0.2, 0.25) is 0 Å². The summed E-state index contributed by atoms with van der Waals surface area (Å²) in [4.78, 5) is 6.15. The van der Waals surface area contributed by atoms with E-state index in [1.54, 1.807) is 0 Å². The van der Waals surface area contributed by atoms with Crippen LogP contribution < -0.4 is 5.32 Å².